The van der Waals surface area contributed by atoms with Crippen LogP contribution < -0.4 is 0 Å². The van der Waals surface area contributed by atoms with Crippen molar-refractivity contribution in [2.24, 2.45) is 5.92 Å². The molecule has 0 radical (unpaired) electrons. The van der Waals surface area contributed by atoms with E-state index in [1.165, 1.54) is 86.5 Å². The van der Waals surface area contributed by atoms with Gasteiger partial charge in [-0.05, 0) is 66.2 Å². The number of ether oxygens (including phenoxy) is 2. The van der Waals surface area contributed by atoms with Gasteiger partial charge in [0, 0.05) is 0 Å². The molecule has 0 amide bonds. The molecule has 1 heterocycles. The molecule has 2 aromatic rings. The molecule has 2 nitrogen and oxygen atoms in total. The highest BCUT2D eigenvalue weighted by atomic mass is 16.6. The Morgan fingerprint density at radius 2 is 1.27 bits per heavy atom. The van der Waals surface area contributed by atoms with Gasteiger partial charge in [0.25, 0.3) is 0 Å². The monoisotopic (exact) mass is 448 g/mol. The first kappa shape index (κ1) is 24.5. The highest BCUT2D eigenvalue weighted by Crippen LogP contribution is 2.38. The van der Waals surface area contributed by atoms with Crippen molar-refractivity contribution in [2.45, 2.75) is 103 Å². The fraction of sp³-hybridized carbons (Fsp3) is 0.613. The zero-order valence-corrected chi connectivity index (χ0v) is 20.9. The standard InChI is InChI=1S/C31H44O2/c1-3-5-7-9-30-22-33-31(23-32-30)29-20-18-28(19-21-29)27-16-14-26(15-17-27)25-12-10-24(11-13-25)8-6-4-2/h14-21,24-25,30-31H,3-13,22-23H2,1-2H3. The van der Waals surface area contributed by atoms with Crippen LogP contribution in [-0.2, 0) is 9.47 Å². The first-order valence-corrected chi connectivity index (χ1v) is 13.7. The molecule has 0 aromatic heterocycles. The summed E-state index contributed by atoms with van der Waals surface area (Å²) in [6.07, 6.45) is 15.0. The lowest BCUT2D eigenvalue weighted by Gasteiger charge is -2.30. The molecular weight excluding hydrogens is 404 g/mol. The van der Waals surface area contributed by atoms with Crippen LogP contribution >= 0.6 is 0 Å². The van der Waals surface area contributed by atoms with Crippen LogP contribution in [0.25, 0.3) is 11.1 Å². The SMILES string of the molecule is CCCCCC1COC(c2ccc(-c3ccc(C4CCC(CCCC)CC4)cc3)cc2)CO1. The molecule has 33 heavy (non-hydrogen) atoms. The Morgan fingerprint density at radius 3 is 1.85 bits per heavy atom. The molecule has 1 saturated carbocycles. The number of benzene rings is 2. The minimum absolute atomic E-state index is 0.0660. The first-order valence-electron chi connectivity index (χ1n) is 13.7. The van der Waals surface area contributed by atoms with Gasteiger partial charge in [0.15, 0.2) is 0 Å². The minimum atomic E-state index is 0.0660. The Balaban J connectivity index is 1.27. The molecule has 180 valence electrons. The molecule has 2 aliphatic rings. The number of hydrogen-bond donors (Lipinski definition) is 0. The van der Waals surface area contributed by atoms with Gasteiger partial charge >= 0.3 is 0 Å². The van der Waals surface area contributed by atoms with Crippen LogP contribution in [0.4, 0.5) is 0 Å². The average Bonchev–Trinajstić information content (AvgIpc) is 2.89. The predicted molar refractivity (Wildman–Crippen MR) is 139 cm³/mol. The van der Waals surface area contributed by atoms with Gasteiger partial charge in [0.2, 0.25) is 0 Å². The summed E-state index contributed by atoms with van der Waals surface area (Å²) in [5, 5.41) is 0. The third kappa shape index (κ3) is 6.93. The lowest BCUT2D eigenvalue weighted by Crippen LogP contribution is -2.31. The zero-order chi connectivity index (χ0) is 22.9. The van der Waals surface area contributed by atoms with E-state index in [0.29, 0.717) is 6.61 Å². The molecule has 0 spiro atoms. The van der Waals surface area contributed by atoms with Gasteiger partial charge < -0.3 is 9.47 Å². The average molecular weight is 449 g/mol. The van der Waals surface area contributed by atoms with Crippen LogP contribution in [0.3, 0.4) is 0 Å². The summed E-state index contributed by atoms with van der Waals surface area (Å²) >= 11 is 0. The third-order valence-corrected chi connectivity index (χ3v) is 7.91. The second kappa shape index (κ2) is 12.7. The molecule has 4 rings (SSSR count). The van der Waals surface area contributed by atoms with Crippen molar-refractivity contribution in [1.82, 2.24) is 0 Å². The molecule has 2 unspecified atom stereocenters. The number of unbranched alkanes of at least 4 members (excludes halogenated alkanes) is 3. The number of hydrogen-bond acceptors (Lipinski definition) is 2. The van der Waals surface area contributed by atoms with E-state index in [2.05, 4.69) is 62.4 Å². The third-order valence-electron chi connectivity index (χ3n) is 7.91. The fourth-order valence-corrected chi connectivity index (χ4v) is 5.64. The fourth-order valence-electron chi connectivity index (χ4n) is 5.64. The van der Waals surface area contributed by atoms with Crippen molar-refractivity contribution < 1.29 is 9.47 Å². The van der Waals surface area contributed by atoms with E-state index >= 15 is 0 Å². The summed E-state index contributed by atoms with van der Waals surface area (Å²) in [6.45, 7) is 5.94. The van der Waals surface area contributed by atoms with Crippen LogP contribution in [0.2, 0.25) is 0 Å². The van der Waals surface area contributed by atoms with Crippen molar-refractivity contribution in [2.75, 3.05) is 13.2 Å². The van der Waals surface area contributed by atoms with Crippen molar-refractivity contribution in [1.29, 1.82) is 0 Å². The van der Waals surface area contributed by atoms with E-state index in [4.69, 9.17) is 9.47 Å². The summed E-state index contributed by atoms with van der Waals surface area (Å²) in [4.78, 5) is 0. The number of rotatable bonds is 10. The Morgan fingerprint density at radius 1 is 0.636 bits per heavy atom. The molecule has 2 fully saturated rings. The highest BCUT2D eigenvalue weighted by Gasteiger charge is 2.24. The molecular formula is C31H44O2. The van der Waals surface area contributed by atoms with Gasteiger partial charge in [0.1, 0.15) is 6.10 Å². The summed E-state index contributed by atoms with van der Waals surface area (Å²) in [5.74, 6) is 1.73. The van der Waals surface area contributed by atoms with E-state index in [1.807, 2.05) is 0 Å². The zero-order valence-electron chi connectivity index (χ0n) is 20.9. The minimum Gasteiger partial charge on any atom is -0.373 e. The maximum absolute atomic E-state index is 6.14. The molecule has 0 N–H and O–H groups in total. The van der Waals surface area contributed by atoms with Gasteiger partial charge in [-0.15, -0.1) is 0 Å². The molecule has 2 heteroatoms. The van der Waals surface area contributed by atoms with Gasteiger partial charge in [-0.1, -0.05) is 101 Å². The van der Waals surface area contributed by atoms with Gasteiger partial charge in [0.05, 0.1) is 19.3 Å². The summed E-state index contributed by atoms with van der Waals surface area (Å²) < 4.78 is 12.2. The van der Waals surface area contributed by atoms with Crippen LogP contribution in [0.15, 0.2) is 48.5 Å². The predicted octanol–water partition coefficient (Wildman–Crippen LogP) is 8.85. The Kier molecular flexibility index (Phi) is 9.44. The second-order valence-corrected chi connectivity index (χ2v) is 10.4. The van der Waals surface area contributed by atoms with Crippen LogP contribution in [0.1, 0.15) is 108 Å². The highest BCUT2D eigenvalue weighted by molar-refractivity contribution is 5.64. The molecule has 0 bridgehead atoms. The molecule has 1 saturated heterocycles. The summed E-state index contributed by atoms with van der Waals surface area (Å²) in [5.41, 5.74) is 5.34. The normalized spacial score (nSPS) is 25.8. The maximum atomic E-state index is 6.14. The molecule has 2 atom stereocenters. The van der Waals surface area contributed by atoms with E-state index in [1.54, 1.807) is 0 Å². The lowest BCUT2D eigenvalue weighted by molar-refractivity contribution is -0.137. The van der Waals surface area contributed by atoms with Crippen molar-refractivity contribution in [3.63, 3.8) is 0 Å². The maximum Gasteiger partial charge on any atom is 0.106 e. The lowest BCUT2D eigenvalue weighted by atomic mass is 9.77. The van der Waals surface area contributed by atoms with Gasteiger partial charge in [-0.25, -0.2) is 0 Å². The largest absolute Gasteiger partial charge is 0.373 e. The molecule has 1 aliphatic heterocycles. The molecule has 1 aliphatic carbocycles. The quantitative estimate of drug-likeness (QED) is 0.338. The first-order chi connectivity index (χ1) is 16.3. The Hall–Kier alpha value is -1.64. The van der Waals surface area contributed by atoms with E-state index in [-0.39, 0.29) is 12.2 Å². The smallest absolute Gasteiger partial charge is 0.106 e. The van der Waals surface area contributed by atoms with E-state index < -0.39 is 0 Å². The van der Waals surface area contributed by atoms with Crippen molar-refractivity contribution in [3.8, 4) is 11.1 Å². The summed E-state index contributed by atoms with van der Waals surface area (Å²) in [6, 6.07) is 18.3. The molecule has 2 aromatic carbocycles. The van der Waals surface area contributed by atoms with Crippen LogP contribution in [0.5, 0.6) is 0 Å². The van der Waals surface area contributed by atoms with Crippen LogP contribution in [0, 0.1) is 5.92 Å². The Labute approximate surface area is 202 Å². The second-order valence-electron chi connectivity index (χ2n) is 10.4. The Bertz CT molecular complexity index is 794. The topological polar surface area (TPSA) is 18.5 Å². The van der Waals surface area contributed by atoms with E-state index in [0.717, 1.165) is 24.9 Å². The van der Waals surface area contributed by atoms with Crippen molar-refractivity contribution in [3.05, 3.63) is 59.7 Å². The van der Waals surface area contributed by atoms with E-state index in [9.17, 15) is 0 Å². The summed E-state index contributed by atoms with van der Waals surface area (Å²) in [7, 11) is 0. The van der Waals surface area contributed by atoms with Crippen molar-refractivity contribution >= 4 is 0 Å². The van der Waals surface area contributed by atoms with Gasteiger partial charge in [-0.3, -0.25) is 0 Å². The van der Waals surface area contributed by atoms with Crippen LogP contribution in [-0.4, -0.2) is 19.3 Å². The van der Waals surface area contributed by atoms with Gasteiger partial charge in [-0.2, -0.15) is 0 Å².